The Morgan fingerprint density at radius 1 is 1.35 bits per heavy atom. The maximum absolute atomic E-state index is 5.28. The molecule has 1 aromatic carbocycles. The highest BCUT2D eigenvalue weighted by Crippen LogP contribution is 2.31. The van der Waals surface area contributed by atoms with Gasteiger partial charge in [0, 0.05) is 22.6 Å². The van der Waals surface area contributed by atoms with Gasteiger partial charge in [-0.1, -0.05) is 0 Å². The number of nitrogens with one attached hydrogen (secondary N) is 2. The van der Waals surface area contributed by atoms with Crippen LogP contribution in [0.1, 0.15) is 24.2 Å². The number of benzene rings is 1. The average molecular weight is 252 g/mol. The van der Waals surface area contributed by atoms with Crippen molar-refractivity contribution in [3.63, 3.8) is 0 Å². The molecule has 0 spiro atoms. The van der Waals surface area contributed by atoms with Gasteiger partial charge in [-0.05, 0) is 43.7 Å². The lowest BCUT2D eigenvalue weighted by Gasteiger charge is -2.20. The zero-order valence-corrected chi connectivity index (χ0v) is 10.8. The maximum Gasteiger partial charge on any atom is 0.119 e. The van der Waals surface area contributed by atoms with Crippen molar-refractivity contribution in [2.75, 3.05) is 13.7 Å². The minimum absolute atomic E-state index is 0. The molecule has 0 fully saturated rings. The number of H-pyrrole nitrogens is 1. The number of aromatic nitrogens is 1. The fourth-order valence-corrected chi connectivity index (χ4v) is 2.53. The second-order valence-corrected chi connectivity index (χ2v) is 4.35. The Bertz CT molecular complexity index is 535. The van der Waals surface area contributed by atoms with Crippen LogP contribution in [0.5, 0.6) is 5.75 Å². The second kappa shape index (κ2) is 4.59. The smallest absolute Gasteiger partial charge is 0.119 e. The number of hydrogen-bond donors (Lipinski definition) is 2. The maximum atomic E-state index is 5.28. The highest BCUT2D eigenvalue weighted by atomic mass is 35.5. The normalized spacial score (nSPS) is 18.6. The number of halogens is 1. The number of rotatable bonds is 1. The molecule has 0 aliphatic carbocycles. The van der Waals surface area contributed by atoms with Gasteiger partial charge in [0.25, 0.3) is 0 Å². The number of fused-ring (bicyclic) bond motifs is 3. The summed E-state index contributed by atoms with van der Waals surface area (Å²) in [5.74, 6) is 0.931. The number of methoxy groups -OCH3 is 1. The molecule has 2 aromatic rings. The first-order valence-corrected chi connectivity index (χ1v) is 5.71. The van der Waals surface area contributed by atoms with Crippen LogP contribution in [-0.2, 0) is 6.42 Å². The van der Waals surface area contributed by atoms with Crippen molar-refractivity contribution in [3.05, 3.63) is 29.5 Å². The van der Waals surface area contributed by atoms with E-state index in [1.807, 2.05) is 6.07 Å². The van der Waals surface area contributed by atoms with Crippen molar-refractivity contribution in [2.45, 2.75) is 19.4 Å². The molecule has 3 nitrogen and oxygen atoms in total. The number of ether oxygens (including phenoxy) is 1. The van der Waals surface area contributed by atoms with Crippen LogP contribution in [0.2, 0.25) is 0 Å². The molecule has 4 heteroatoms. The van der Waals surface area contributed by atoms with E-state index in [2.05, 4.69) is 29.4 Å². The first-order chi connectivity index (χ1) is 7.79. The summed E-state index contributed by atoms with van der Waals surface area (Å²) in [5.41, 5.74) is 3.98. The molecule has 0 bridgehead atoms. The molecule has 1 aliphatic heterocycles. The van der Waals surface area contributed by atoms with Gasteiger partial charge < -0.3 is 27.4 Å². The van der Waals surface area contributed by atoms with Crippen LogP contribution in [0.15, 0.2) is 18.2 Å². The third-order valence-corrected chi connectivity index (χ3v) is 3.40. The summed E-state index contributed by atoms with van der Waals surface area (Å²) >= 11 is 0. The lowest BCUT2D eigenvalue weighted by atomic mass is 10.0. The van der Waals surface area contributed by atoms with Crippen LogP contribution in [0, 0.1) is 0 Å². The van der Waals surface area contributed by atoms with Gasteiger partial charge >= 0.3 is 0 Å². The molecular formula is C13H16ClN2O-. The van der Waals surface area contributed by atoms with Crippen LogP contribution in [0.3, 0.4) is 0 Å². The third kappa shape index (κ3) is 1.90. The Morgan fingerprint density at radius 2 is 2.18 bits per heavy atom. The summed E-state index contributed by atoms with van der Waals surface area (Å²) in [6, 6.07) is 6.65. The molecule has 0 amide bonds. The molecule has 1 aliphatic rings. The van der Waals surface area contributed by atoms with E-state index >= 15 is 0 Å². The van der Waals surface area contributed by atoms with Gasteiger partial charge in [-0.2, -0.15) is 0 Å². The Labute approximate surface area is 107 Å². The molecule has 2 heterocycles. The molecule has 0 radical (unpaired) electrons. The van der Waals surface area contributed by atoms with E-state index in [1.165, 1.54) is 22.2 Å². The number of aromatic amines is 1. The lowest BCUT2D eigenvalue weighted by molar-refractivity contribution is -0.00000370. The fourth-order valence-electron chi connectivity index (χ4n) is 2.53. The van der Waals surface area contributed by atoms with Crippen molar-refractivity contribution in [1.82, 2.24) is 10.3 Å². The molecule has 17 heavy (non-hydrogen) atoms. The van der Waals surface area contributed by atoms with Gasteiger partial charge in [0.15, 0.2) is 0 Å². The van der Waals surface area contributed by atoms with E-state index < -0.39 is 0 Å². The van der Waals surface area contributed by atoms with E-state index in [0.29, 0.717) is 6.04 Å². The zero-order valence-electron chi connectivity index (χ0n) is 10.0. The zero-order chi connectivity index (χ0) is 11.1. The molecule has 1 atom stereocenters. The first-order valence-electron chi connectivity index (χ1n) is 5.71. The summed E-state index contributed by atoms with van der Waals surface area (Å²) in [5, 5.41) is 4.77. The summed E-state index contributed by atoms with van der Waals surface area (Å²) in [7, 11) is 1.71. The SMILES string of the molecule is COc1ccc2[nH]c3c(c2c1)CCNC3C.[Cl-]. The predicted octanol–water partition coefficient (Wildman–Crippen LogP) is -0.613. The van der Waals surface area contributed by atoms with Gasteiger partial charge in [0.2, 0.25) is 0 Å². The largest absolute Gasteiger partial charge is 1.00 e. The van der Waals surface area contributed by atoms with Crippen LogP contribution in [0.25, 0.3) is 10.9 Å². The molecule has 1 aromatic heterocycles. The van der Waals surface area contributed by atoms with Crippen molar-refractivity contribution < 1.29 is 17.1 Å². The molecule has 1 unspecified atom stereocenters. The molecule has 3 rings (SSSR count). The van der Waals surface area contributed by atoms with Crippen molar-refractivity contribution in [2.24, 2.45) is 0 Å². The van der Waals surface area contributed by atoms with Crippen molar-refractivity contribution in [1.29, 1.82) is 0 Å². The Morgan fingerprint density at radius 3 is 2.94 bits per heavy atom. The minimum Gasteiger partial charge on any atom is -1.00 e. The highest BCUT2D eigenvalue weighted by Gasteiger charge is 2.20. The quantitative estimate of drug-likeness (QED) is 0.710. The molecular weight excluding hydrogens is 236 g/mol. The van der Waals surface area contributed by atoms with Crippen LogP contribution in [0.4, 0.5) is 0 Å². The lowest BCUT2D eigenvalue weighted by Crippen LogP contribution is -3.00. The van der Waals surface area contributed by atoms with Gasteiger partial charge in [0.1, 0.15) is 5.75 Å². The van der Waals surface area contributed by atoms with Gasteiger partial charge in [-0.15, -0.1) is 0 Å². The minimum atomic E-state index is 0. The average Bonchev–Trinajstić information content (AvgIpc) is 2.68. The molecule has 0 saturated carbocycles. The van der Waals surface area contributed by atoms with Crippen molar-refractivity contribution in [3.8, 4) is 5.75 Å². The van der Waals surface area contributed by atoms with Gasteiger partial charge in [-0.25, -0.2) is 0 Å². The fraction of sp³-hybridized carbons (Fsp3) is 0.385. The van der Waals surface area contributed by atoms with E-state index in [-0.39, 0.29) is 12.4 Å². The number of hydrogen-bond acceptors (Lipinski definition) is 2. The van der Waals surface area contributed by atoms with E-state index in [9.17, 15) is 0 Å². The van der Waals surface area contributed by atoms with Crippen LogP contribution in [-0.4, -0.2) is 18.6 Å². The molecule has 0 saturated heterocycles. The Balaban J connectivity index is 0.00000108. The predicted molar refractivity (Wildman–Crippen MR) is 65.0 cm³/mol. The van der Waals surface area contributed by atoms with E-state index in [0.717, 1.165) is 18.7 Å². The topological polar surface area (TPSA) is 37.0 Å². The molecule has 92 valence electrons. The Kier molecular flexibility index (Phi) is 3.31. The summed E-state index contributed by atoms with van der Waals surface area (Å²) in [4.78, 5) is 3.50. The van der Waals surface area contributed by atoms with E-state index in [4.69, 9.17) is 4.74 Å². The van der Waals surface area contributed by atoms with Gasteiger partial charge in [-0.3, -0.25) is 0 Å². The monoisotopic (exact) mass is 251 g/mol. The third-order valence-electron chi connectivity index (χ3n) is 3.40. The van der Waals surface area contributed by atoms with E-state index in [1.54, 1.807) is 7.11 Å². The summed E-state index contributed by atoms with van der Waals surface area (Å²) < 4.78 is 5.28. The van der Waals surface area contributed by atoms with Crippen LogP contribution >= 0.6 is 0 Å². The van der Waals surface area contributed by atoms with Gasteiger partial charge in [0.05, 0.1) is 7.11 Å². The Hall–Kier alpha value is -1.19. The van der Waals surface area contributed by atoms with Crippen molar-refractivity contribution >= 4 is 10.9 Å². The first kappa shape index (κ1) is 12.3. The highest BCUT2D eigenvalue weighted by molar-refractivity contribution is 5.86. The summed E-state index contributed by atoms with van der Waals surface area (Å²) in [6.07, 6.45) is 1.09. The second-order valence-electron chi connectivity index (χ2n) is 4.35. The standard InChI is InChI=1S/C13H16N2O.ClH/c1-8-13-10(5-6-14-8)11-7-9(16-2)3-4-12(11)15-13;/h3-4,7-8,14-15H,5-6H2,1-2H3;1H/p-1. The summed E-state index contributed by atoms with van der Waals surface area (Å²) in [6.45, 7) is 3.25. The molecule has 2 N–H and O–H groups in total. The van der Waals surface area contributed by atoms with Crippen LogP contribution < -0.4 is 22.5 Å².